The molecular weight excluding hydrogens is 280 g/mol. The van der Waals surface area contributed by atoms with Crippen LogP contribution in [0, 0.1) is 6.92 Å². The van der Waals surface area contributed by atoms with Gasteiger partial charge in [0.25, 0.3) is 0 Å². The van der Waals surface area contributed by atoms with Crippen molar-refractivity contribution in [1.82, 2.24) is 10.0 Å². The monoisotopic (exact) mass is 300 g/mol. The normalized spacial score (nSPS) is 12.9. The molecule has 0 spiro atoms. The van der Waals surface area contributed by atoms with E-state index in [0.717, 1.165) is 5.56 Å². The zero-order valence-electron chi connectivity index (χ0n) is 11.8. The molecule has 1 amide bonds. The summed E-state index contributed by atoms with van der Waals surface area (Å²) >= 11 is 0. The van der Waals surface area contributed by atoms with Crippen LogP contribution in [0.25, 0.3) is 0 Å². The number of carbonyl (C=O) groups is 1. The highest BCUT2D eigenvalue weighted by Crippen LogP contribution is 2.10. The molecule has 0 heterocycles. The minimum atomic E-state index is -3.69. The molecule has 0 unspecified atom stereocenters. The summed E-state index contributed by atoms with van der Waals surface area (Å²) in [5.74, 6) is -0.391. The number of rotatable bonds is 7. The molecule has 7 heteroatoms. The van der Waals surface area contributed by atoms with E-state index in [4.69, 9.17) is 4.74 Å². The van der Waals surface area contributed by atoms with Crippen LogP contribution in [0.1, 0.15) is 12.5 Å². The van der Waals surface area contributed by atoms with Crippen LogP contribution in [0.5, 0.6) is 0 Å². The van der Waals surface area contributed by atoms with Gasteiger partial charge in [-0.25, -0.2) is 8.42 Å². The molecule has 1 atom stereocenters. The highest BCUT2D eigenvalue weighted by Gasteiger charge is 2.21. The van der Waals surface area contributed by atoms with Crippen molar-refractivity contribution in [2.75, 3.05) is 20.3 Å². The second kappa shape index (κ2) is 7.37. The third kappa shape index (κ3) is 4.92. The molecule has 0 aromatic heterocycles. The van der Waals surface area contributed by atoms with Gasteiger partial charge in [-0.1, -0.05) is 17.7 Å². The lowest BCUT2D eigenvalue weighted by molar-refractivity contribution is -0.122. The average molecular weight is 300 g/mol. The molecule has 6 nitrogen and oxygen atoms in total. The fraction of sp³-hybridized carbons (Fsp3) is 0.462. The van der Waals surface area contributed by atoms with Crippen molar-refractivity contribution in [3.63, 3.8) is 0 Å². The van der Waals surface area contributed by atoms with E-state index in [-0.39, 0.29) is 4.90 Å². The molecule has 1 rings (SSSR count). The molecule has 0 saturated heterocycles. The number of carbonyl (C=O) groups excluding carboxylic acids is 1. The van der Waals surface area contributed by atoms with Crippen molar-refractivity contribution < 1.29 is 17.9 Å². The van der Waals surface area contributed by atoms with Crippen LogP contribution in [0.3, 0.4) is 0 Å². The van der Waals surface area contributed by atoms with E-state index < -0.39 is 22.0 Å². The first kappa shape index (κ1) is 16.6. The Bertz CT molecular complexity index is 540. The van der Waals surface area contributed by atoms with Gasteiger partial charge in [0.05, 0.1) is 17.5 Å². The van der Waals surface area contributed by atoms with Crippen LogP contribution in [-0.2, 0) is 19.6 Å². The highest BCUT2D eigenvalue weighted by atomic mass is 32.2. The number of sulfonamides is 1. The highest BCUT2D eigenvalue weighted by molar-refractivity contribution is 7.89. The largest absolute Gasteiger partial charge is 0.383 e. The van der Waals surface area contributed by atoms with Gasteiger partial charge in [-0.2, -0.15) is 4.72 Å². The fourth-order valence-electron chi connectivity index (χ4n) is 1.50. The van der Waals surface area contributed by atoms with Crippen LogP contribution in [0.2, 0.25) is 0 Å². The second-order valence-electron chi connectivity index (χ2n) is 4.44. The van der Waals surface area contributed by atoms with Crippen molar-refractivity contribution in [2.45, 2.75) is 24.8 Å². The van der Waals surface area contributed by atoms with Crippen molar-refractivity contribution in [1.29, 1.82) is 0 Å². The zero-order valence-corrected chi connectivity index (χ0v) is 12.7. The van der Waals surface area contributed by atoms with E-state index in [9.17, 15) is 13.2 Å². The van der Waals surface area contributed by atoms with Gasteiger partial charge in [-0.05, 0) is 26.0 Å². The molecule has 2 N–H and O–H groups in total. The quantitative estimate of drug-likeness (QED) is 0.715. The second-order valence-corrected chi connectivity index (χ2v) is 6.15. The van der Waals surface area contributed by atoms with Crippen LogP contribution in [0.15, 0.2) is 29.2 Å². The van der Waals surface area contributed by atoms with Gasteiger partial charge in [-0.3, -0.25) is 4.79 Å². The van der Waals surface area contributed by atoms with E-state index in [0.29, 0.717) is 13.2 Å². The van der Waals surface area contributed by atoms with Gasteiger partial charge in [0.15, 0.2) is 0 Å². The third-order valence-electron chi connectivity index (χ3n) is 2.66. The molecule has 0 fully saturated rings. The number of aryl methyl sites for hydroxylation is 1. The van der Waals surface area contributed by atoms with E-state index in [1.54, 1.807) is 12.1 Å². The van der Waals surface area contributed by atoms with Crippen molar-refractivity contribution in [3.8, 4) is 0 Å². The first-order valence-electron chi connectivity index (χ1n) is 6.22. The Labute approximate surface area is 119 Å². The summed E-state index contributed by atoms with van der Waals surface area (Å²) in [5.41, 5.74) is 0.967. The summed E-state index contributed by atoms with van der Waals surface area (Å²) in [6.07, 6.45) is 0. The number of hydrogen-bond acceptors (Lipinski definition) is 4. The Hall–Kier alpha value is -1.44. The van der Waals surface area contributed by atoms with Crippen LogP contribution >= 0.6 is 0 Å². The molecule has 0 saturated carbocycles. The summed E-state index contributed by atoms with van der Waals surface area (Å²) in [6.45, 7) is 4.08. The maximum absolute atomic E-state index is 12.1. The Balaban J connectivity index is 2.66. The number of hydrogen-bond donors (Lipinski definition) is 2. The summed E-state index contributed by atoms with van der Waals surface area (Å²) in [6, 6.07) is 5.58. The smallest absolute Gasteiger partial charge is 0.241 e. The maximum atomic E-state index is 12.1. The minimum Gasteiger partial charge on any atom is -0.383 e. The molecule has 0 aliphatic heterocycles. The molecular formula is C13H20N2O4S. The van der Waals surface area contributed by atoms with Crippen molar-refractivity contribution in [2.24, 2.45) is 0 Å². The Morgan fingerprint density at radius 2 is 1.90 bits per heavy atom. The number of amides is 1. The van der Waals surface area contributed by atoms with Crippen LogP contribution < -0.4 is 10.0 Å². The summed E-state index contributed by atoms with van der Waals surface area (Å²) in [4.78, 5) is 11.8. The number of methoxy groups -OCH3 is 1. The third-order valence-corrected chi connectivity index (χ3v) is 4.22. The lowest BCUT2D eigenvalue weighted by Gasteiger charge is -2.14. The van der Waals surface area contributed by atoms with E-state index in [2.05, 4.69) is 10.0 Å². The van der Waals surface area contributed by atoms with Gasteiger partial charge < -0.3 is 10.1 Å². The lowest BCUT2D eigenvalue weighted by Crippen LogP contribution is -2.45. The molecule has 1 aromatic carbocycles. The SMILES string of the molecule is COCCNC(=O)[C@@H](C)NS(=O)(=O)c1ccc(C)cc1. The first-order chi connectivity index (χ1) is 9.36. The topological polar surface area (TPSA) is 84.5 Å². The Morgan fingerprint density at radius 3 is 2.45 bits per heavy atom. The number of benzene rings is 1. The molecule has 112 valence electrons. The molecule has 0 bridgehead atoms. The van der Waals surface area contributed by atoms with Crippen molar-refractivity contribution >= 4 is 15.9 Å². The van der Waals surface area contributed by atoms with Gasteiger partial charge in [-0.15, -0.1) is 0 Å². The fourth-order valence-corrected chi connectivity index (χ4v) is 2.70. The summed E-state index contributed by atoms with van der Waals surface area (Å²) in [5, 5.41) is 2.58. The summed E-state index contributed by atoms with van der Waals surface area (Å²) in [7, 11) is -2.17. The van der Waals surface area contributed by atoms with Gasteiger partial charge in [0, 0.05) is 13.7 Å². The van der Waals surface area contributed by atoms with E-state index in [1.807, 2.05) is 6.92 Å². The van der Waals surface area contributed by atoms with E-state index in [1.165, 1.54) is 26.2 Å². The zero-order chi connectivity index (χ0) is 15.2. The minimum absolute atomic E-state index is 0.139. The van der Waals surface area contributed by atoms with Gasteiger partial charge >= 0.3 is 0 Å². The standard InChI is InChI=1S/C13H20N2O4S/c1-10-4-6-12(7-5-10)20(17,18)15-11(2)13(16)14-8-9-19-3/h4-7,11,15H,8-9H2,1-3H3,(H,14,16)/t11-/m1/s1. The number of nitrogens with one attached hydrogen (secondary N) is 2. The van der Waals surface area contributed by atoms with Crippen molar-refractivity contribution in [3.05, 3.63) is 29.8 Å². The van der Waals surface area contributed by atoms with E-state index >= 15 is 0 Å². The average Bonchev–Trinajstić information content (AvgIpc) is 2.38. The Morgan fingerprint density at radius 1 is 1.30 bits per heavy atom. The van der Waals surface area contributed by atoms with Gasteiger partial charge in [0.1, 0.15) is 0 Å². The lowest BCUT2D eigenvalue weighted by atomic mass is 10.2. The van der Waals surface area contributed by atoms with Crippen LogP contribution in [-0.4, -0.2) is 40.6 Å². The molecule has 0 aliphatic carbocycles. The molecule has 0 aliphatic rings. The van der Waals surface area contributed by atoms with Gasteiger partial charge in [0.2, 0.25) is 15.9 Å². The predicted molar refractivity (Wildman–Crippen MR) is 75.8 cm³/mol. The number of ether oxygens (including phenoxy) is 1. The maximum Gasteiger partial charge on any atom is 0.241 e. The molecule has 20 heavy (non-hydrogen) atoms. The first-order valence-corrected chi connectivity index (χ1v) is 7.71. The molecule has 0 radical (unpaired) electrons. The molecule has 1 aromatic rings. The van der Waals surface area contributed by atoms with Crippen LogP contribution in [0.4, 0.5) is 0 Å². The summed E-state index contributed by atoms with van der Waals surface area (Å²) < 4.78 is 31.3. The predicted octanol–water partition coefficient (Wildman–Crippen LogP) is 0.424. The Kier molecular flexibility index (Phi) is 6.12.